The highest BCUT2D eigenvalue weighted by Crippen LogP contribution is 2.54. The van der Waals surface area contributed by atoms with E-state index in [9.17, 15) is 9.90 Å². The van der Waals surface area contributed by atoms with E-state index in [4.69, 9.17) is 4.74 Å². The molecule has 19 heavy (non-hydrogen) atoms. The Morgan fingerprint density at radius 1 is 1.63 bits per heavy atom. The van der Waals surface area contributed by atoms with Crippen LogP contribution in [0.4, 0.5) is 0 Å². The molecule has 0 spiro atoms. The first-order valence-electron chi connectivity index (χ1n) is 6.98. The van der Waals surface area contributed by atoms with E-state index in [0.29, 0.717) is 0 Å². The van der Waals surface area contributed by atoms with Gasteiger partial charge in [-0.25, -0.2) is 4.79 Å². The van der Waals surface area contributed by atoms with E-state index in [1.807, 2.05) is 19.9 Å². The highest BCUT2D eigenvalue weighted by Gasteiger charge is 2.77. The molecule has 0 unspecified atom stereocenters. The van der Waals surface area contributed by atoms with Crippen molar-refractivity contribution in [2.24, 2.45) is 11.8 Å². The van der Waals surface area contributed by atoms with Crippen molar-refractivity contribution < 1.29 is 14.6 Å². The van der Waals surface area contributed by atoms with Crippen molar-refractivity contribution in [2.75, 3.05) is 0 Å². The van der Waals surface area contributed by atoms with Gasteiger partial charge in [-0.3, -0.25) is 0 Å². The zero-order valence-electron chi connectivity index (χ0n) is 11.5. The molecule has 0 aromatic heterocycles. The fraction of sp³-hybridized carbons (Fsp3) is 0.667. The van der Waals surface area contributed by atoms with Gasteiger partial charge in [-0.1, -0.05) is 25.7 Å². The first kappa shape index (κ1) is 12.7. The normalized spacial score (nSPS) is 46.1. The zero-order valence-corrected chi connectivity index (χ0v) is 11.5. The van der Waals surface area contributed by atoms with Crippen LogP contribution in [0.1, 0.15) is 33.1 Å². The van der Waals surface area contributed by atoms with Gasteiger partial charge in [0, 0.05) is 17.5 Å². The molecule has 2 N–H and O–H groups in total. The van der Waals surface area contributed by atoms with E-state index >= 15 is 0 Å². The molecule has 1 aliphatic carbocycles. The minimum absolute atomic E-state index is 0.00604. The van der Waals surface area contributed by atoms with Crippen molar-refractivity contribution in [3.63, 3.8) is 0 Å². The fourth-order valence-corrected chi connectivity index (χ4v) is 3.72. The largest absolute Gasteiger partial charge is 0.453 e. The monoisotopic (exact) mass is 263 g/mol. The van der Waals surface area contributed by atoms with E-state index in [2.05, 4.69) is 18.0 Å². The lowest BCUT2D eigenvalue weighted by Crippen LogP contribution is -2.79. The lowest BCUT2D eigenvalue weighted by Gasteiger charge is -2.54. The van der Waals surface area contributed by atoms with Gasteiger partial charge in [-0.15, -0.1) is 0 Å². The number of rotatable bonds is 2. The van der Waals surface area contributed by atoms with Crippen LogP contribution < -0.4 is 5.32 Å². The quantitative estimate of drug-likeness (QED) is 0.585. The van der Waals surface area contributed by atoms with Crippen LogP contribution in [0.5, 0.6) is 0 Å². The van der Waals surface area contributed by atoms with Crippen LogP contribution in [0.15, 0.2) is 24.4 Å². The van der Waals surface area contributed by atoms with Crippen LogP contribution in [0, 0.1) is 11.8 Å². The Bertz CT molecular complexity index is 472. The minimum atomic E-state index is -1.02. The second kappa shape index (κ2) is 3.85. The molecule has 0 aromatic rings. The predicted octanol–water partition coefficient (Wildman–Crippen LogP) is 1.51. The Kier molecular flexibility index (Phi) is 2.58. The Hall–Kier alpha value is -1.29. The summed E-state index contributed by atoms with van der Waals surface area (Å²) in [5, 5.41) is 13.9. The van der Waals surface area contributed by atoms with Gasteiger partial charge in [-0.05, 0) is 26.2 Å². The molecule has 0 radical (unpaired) electrons. The number of fused-ring (bicyclic) bond motifs is 1. The maximum Gasteiger partial charge on any atom is 0.339 e. The third-order valence-corrected chi connectivity index (χ3v) is 5.26. The van der Waals surface area contributed by atoms with Crippen molar-refractivity contribution in [3.05, 3.63) is 24.4 Å². The molecule has 3 rings (SSSR count). The van der Waals surface area contributed by atoms with Gasteiger partial charge in [0.1, 0.15) is 0 Å². The molecule has 2 saturated heterocycles. The molecular formula is C15H21NO3. The van der Waals surface area contributed by atoms with Crippen molar-refractivity contribution in [1.82, 2.24) is 5.32 Å². The Labute approximate surface area is 113 Å². The van der Waals surface area contributed by atoms with Crippen molar-refractivity contribution in [2.45, 2.75) is 50.4 Å². The third-order valence-electron chi connectivity index (χ3n) is 5.26. The molecule has 5 atom stereocenters. The standard InChI is InChI=1S/C15H21NO3/c1-9-10(2)16-15(13(18)19-14(9,15)3)12(17)11-7-5-4-6-8-11/h5,7,9,11-12,16-17H,2,4,6,8H2,1,3H3/t9-,11+,12-,14-,15-/m0/s1. The van der Waals surface area contributed by atoms with Crippen LogP contribution in [-0.2, 0) is 9.53 Å². The third kappa shape index (κ3) is 1.35. The summed E-state index contributed by atoms with van der Waals surface area (Å²) in [6, 6.07) is 0. The molecule has 0 aromatic carbocycles. The molecule has 2 fully saturated rings. The second-order valence-corrected chi connectivity index (χ2v) is 6.14. The summed E-state index contributed by atoms with van der Waals surface area (Å²) in [5.74, 6) is -0.342. The number of hydrogen-bond donors (Lipinski definition) is 2. The summed E-state index contributed by atoms with van der Waals surface area (Å²) in [5.41, 5.74) is -0.936. The van der Waals surface area contributed by atoms with E-state index in [0.717, 1.165) is 25.0 Å². The fourth-order valence-electron chi connectivity index (χ4n) is 3.72. The number of aliphatic hydroxyl groups excluding tert-OH is 1. The molecule has 2 aliphatic heterocycles. The number of hydrogen-bond acceptors (Lipinski definition) is 4. The summed E-state index contributed by atoms with van der Waals surface area (Å²) < 4.78 is 5.40. The highest BCUT2D eigenvalue weighted by molar-refractivity contribution is 5.92. The Morgan fingerprint density at radius 3 is 2.89 bits per heavy atom. The minimum Gasteiger partial charge on any atom is -0.453 e. The van der Waals surface area contributed by atoms with Crippen molar-refractivity contribution in [3.8, 4) is 0 Å². The van der Waals surface area contributed by atoms with E-state index < -0.39 is 17.2 Å². The van der Waals surface area contributed by atoms with Gasteiger partial charge in [0.25, 0.3) is 0 Å². The molecule has 3 aliphatic rings. The number of carbonyl (C=O) groups excluding carboxylic acids is 1. The summed E-state index contributed by atoms with van der Waals surface area (Å²) in [7, 11) is 0. The van der Waals surface area contributed by atoms with Gasteiger partial charge >= 0.3 is 5.97 Å². The number of esters is 1. The number of ether oxygens (including phenoxy) is 1. The van der Waals surface area contributed by atoms with Crippen molar-refractivity contribution >= 4 is 5.97 Å². The molecular weight excluding hydrogens is 242 g/mol. The SMILES string of the molecule is C=C1N[C@@]2([C@@H](O)[C@@H]3C=CCCC3)C(=O)O[C@@]2(C)[C@H]1C. The Morgan fingerprint density at radius 2 is 2.37 bits per heavy atom. The summed E-state index contributed by atoms with van der Waals surface area (Å²) in [6.07, 6.45) is 6.36. The zero-order chi connectivity index (χ0) is 13.8. The topological polar surface area (TPSA) is 58.6 Å². The Balaban J connectivity index is 1.97. The second-order valence-electron chi connectivity index (χ2n) is 6.14. The number of nitrogens with one attached hydrogen (secondary N) is 1. The molecule has 4 nitrogen and oxygen atoms in total. The van der Waals surface area contributed by atoms with Gasteiger partial charge in [-0.2, -0.15) is 0 Å². The van der Waals surface area contributed by atoms with Gasteiger partial charge in [0.2, 0.25) is 5.54 Å². The number of aliphatic hydroxyl groups is 1. The maximum atomic E-state index is 12.1. The molecule has 0 bridgehead atoms. The average molecular weight is 263 g/mol. The van der Waals surface area contributed by atoms with Crippen LogP contribution in [0.3, 0.4) is 0 Å². The van der Waals surface area contributed by atoms with Crippen LogP contribution in [0.2, 0.25) is 0 Å². The summed E-state index contributed by atoms with van der Waals surface area (Å²) in [6.45, 7) is 7.82. The summed E-state index contributed by atoms with van der Waals surface area (Å²) >= 11 is 0. The molecule has 0 saturated carbocycles. The number of allylic oxidation sites excluding steroid dienone is 1. The molecule has 4 heteroatoms. The highest BCUT2D eigenvalue weighted by atomic mass is 16.6. The van der Waals surface area contributed by atoms with E-state index in [-0.39, 0.29) is 17.8 Å². The van der Waals surface area contributed by atoms with Crippen LogP contribution in [-0.4, -0.2) is 28.3 Å². The van der Waals surface area contributed by atoms with Crippen LogP contribution >= 0.6 is 0 Å². The predicted molar refractivity (Wildman–Crippen MR) is 71.2 cm³/mol. The first-order chi connectivity index (χ1) is 8.93. The molecule has 104 valence electrons. The number of carbonyl (C=O) groups is 1. The van der Waals surface area contributed by atoms with Gasteiger partial charge < -0.3 is 15.2 Å². The molecule has 2 heterocycles. The van der Waals surface area contributed by atoms with Crippen LogP contribution in [0.25, 0.3) is 0 Å². The van der Waals surface area contributed by atoms with Gasteiger partial charge in [0.15, 0.2) is 5.60 Å². The maximum absolute atomic E-state index is 12.1. The van der Waals surface area contributed by atoms with E-state index in [1.165, 1.54) is 0 Å². The average Bonchev–Trinajstić information content (AvgIpc) is 2.57. The van der Waals surface area contributed by atoms with E-state index in [1.54, 1.807) is 0 Å². The summed E-state index contributed by atoms with van der Waals surface area (Å²) in [4.78, 5) is 12.1. The lowest BCUT2D eigenvalue weighted by molar-refractivity contribution is -0.237. The smallest absolute Gasteiger partial charge is 0.339 e. The first-order valence-corrected chi connectivity index (χ1v) is 6.98. The van der Waals surface area contributed by atoms with Crippen molar-refractivity contribution in [1.29, 1.82) is 0 Å². The van der Waals surface area contributed by atoms with Gasteiger partial charge in [0.05, 0.1) is 6.10 Å². The molecule has 0 amide bonds. The lowest BCUT2D eigenvalue weighted by atomic mass is 9.65.